The van der Waals surface area contributed by atoms with Gasteiger partial charge in [-0.05, 0) is 59.1 Å². The van der Waals surface area contributed by atoms with Gasteiger partial charge in [0.2, 0.25) is 0 Å². The van der Waals surface area contributed by atoms with E-state index in [0.717, 1.165) is 5.46 Å². The highest BCUT2D eigenvalue weighted by molar-refractivity contribution is 6.62. The van der Waals surface area contributed by atoms with Gasteiger partial charge in [-0.25, -0.2) is 0 Å². The lowest BCUT2D eigenvalue weighted by Crippen LogP contribution is -2.41. The highest BCUT2D eigenvalue weighted by Crippen LogP contribution is 2.36. The summed E-state index contributed by atoms with van der Waals surface area (Å²) < 4.78 is 12.0. The van der Waals surface area contributed by atoms with E-state index in [1.807, 2.05) is 47.6 Å². The molecule has 21 heavy (non-hydrogen) atoms. The highest BCUT2D eigenvalue weighted by Gasteiger charge is 2.51. The van der Waals surface area contributed by atoms with Crippen LogP contribution in [0.5, 0.6) is 0 Å². The first-order chi connectivity index (χ1) is 9.62. The Labute approximate surface area is 126 Å². The van der Waals surface area contributed by atoms with Gasteiger partial charge in [-0.3, -0.25) is 9.78 Å². The van der Waals surface area contributed by atoms with Gasteiger partial charge in [0.05, 0.1) is 11.2 Å². The van der Waals surface area contributed by atoms with Gasteiger partial charge in [-0.1, -0.05) is 0 Å². The van der Waals surface area contributed by atoms with Gasteiger partial charge in [0.1, 0.15) is 5.69 Å². The Bertz CT molecular complexity index is 527. The molecular formula is C15H23BN2O3. The fraction of sp³-hybridized carbons (Fsp3) is 0.600. The molecule has 1 aromatic rings. The first-order valence-corrected chi connectivity index (χ1v) is 7.25. The molecule has 0 bridgehead atoms. The molecule has 0 atom stereocenters. The molecule has 1 aliphatic heterocycles. The predicted molar refractivity (Wildman–Crippen MR) is 82.6 cm³/mol. The molecule has 0 spiro atoms. The lowest BCUT2D eigenvalue weighted by molar-refractivity contribution is 0.00578. The molecule has 1 aliphatic rings. The van der Waals surface area contributed by atoms with Crippen molar-refractivity contribution in [3.05, 3.63) is 24.0 Å². The van der Waals surface area contributed by atoms with Crippen molar-refractivity contribution in [3.8, 4) is 0 Å². The van der Waals surface area contributed by atoms with E-state index >= 15 is 0 Å². The molecule has 1 amide bonds. The predicted octanol–water partition coefficient (Wildman–Crippen LogP) is 1.52. The second-order valence-corrected chi connectivity index (χ2v) is 6.69. The summed E-state index contributed by atoms with van der Waals surface area (Å²) in [6, 6.07) is 3.61. The molecule has 0 aliphatic carbocycles. The van der Waals surface area contributed by atoms with Crippen molar-refractivity contribution in [1.29, 1.82) is 0 Å². The monoisotopic (exact) mass is 290 g/mol. The van der Waals surface area contributed by atoms with Crippen molar-refractivity contribution < 1.29 is 14.1 Å². The van der Waals surface area contributed by atoms with Crippen LogP contribution in [0.15, 0.2) is 18.3 Å². The number of hydrogen-bond donors (Lipinski definition) is 1. The summed E-state index contributed by atoms with van der Waals surface area (Å²) in [6.07, 6.45) is 1.61. The number of nitrogens with one attached hydrogen (secondary N) is 1. The average molecular weight is 290 g/mol. The minimum atomic E-state index is -0.483. The summed E-state index contributed by atoms with van der Waals surface area (Å²) in [4.78, 5) is 16.1. The first-order valence-electron chi connectivity index (χ1n) is 7.25. The Kier molecular flexibility index (Phi) is 4.13. The maximum absolute atomic E-state index is 12.0. The van der Waals surface area contributed by atoms with E-state index < -0.39 is 18.3 Å². The second-order valence-electron chi connectivity index (χ2n) is 6.69. The van der Waals surface area contributed by atoms with Crippen LogP contribution in [0.2, 0.25) is 0 Å². The molecule has 0 aromatic carbocycles. The number of amides is 1. The van der Waals surface area contributed by atoms with Crippen molar-refractivity contribution in [2.75, 3.05) is 0 Å². The number of carbonyl (C=O) groups excluding carboxylic acids is 1. The molecular weight excluding hydrogens is 267 g/mol. The molecule has 5 nitrogen and oxygen atoms in total. The largest absolute Gasteiger partial charge is 0.494 e. The standard InChI is InChI=1S/C15H23BN2O3/c1-10(2)18-13(19)12-9-11(7-8-17-12)16-20-14(3,4)15(5,6)21-16/h7-10H,1-6H3,(H,18,19). The molecule has 1 aromatic heterocycles. The molecule has 114 valence electrons. The molecule has 1 N–H and O–H groups in total. The first kappa shape index (κ1) is 16.0. The Morgan fingerprint density at radius 1 is 1.24 bits per heavy atom. The van der Waals surface area contributed by atoms with Crippen LogP contribution in [0.4, 0.5) is 0 Å². The summed E-state index contributed by atoms with van der Waals surface area (Å²) >= 11 is 0. The quantitative estimate of drug-likeness (QED) is 0.857. The van der Waals surface area contributed by atoms with Crippen molar-refractivity contribution in [2.45, 2.75) is 58.8 Å². The minimum absolute atomic E-state index is 0.0693. The van der Waals surface area contributed by atoms with Crippen LogP contribution in [0.1, 0.15) is 52.0 Å². The van der Waals surface area contributed by atoms with E-state index in [9.17, 15) is 4.79 Å². The summed E-state index contributed by atoms with van der Waals surface area (Å²) in [5.74, 6) is -0.191. The third-order valence-corrected chi connectivity index (χ3v) is 3.96. The smallest absolute Gasteiger partial charge is 0.399 e. The van der Waals surface area contributed by atoms with Crippen LogP contribution >= 0.6 is 0 Å². The zero-order valence-electron chi connectivity index (χ0n) is 13.6. The molecule has 6 heteroatoms. The van der Waals surface area contributed by atoms with Crippen molar-refractivity contribution >= 4 is 18.5 Å². The maximum atomic E-state index is 12.0. The van der Waals surface area contributed by atoms with Crippen molar-refractivity contribution in [1.82, 2.24) is 10.3 Å². The zero-order chi connectivity index (χ0) is 15.8. The number of carbonyl (C=O) groups is 1. The van der Waals surface area contributed by atoms with Gasteiger partial charge >= 0.3 is 7.12 Å². The van der Waals surface area contributed by atoms with Gasteiger partial charge < -0.3 is 14.6 Å². The van der Waals surface area contributed by atoms with Gasteiger partial charge in [0, 0.05) is 12.2 Å². The van der Waals surface area contributed by atoms with E-state index in [1.54, 1.807) is 12.3 Å². The normalized spacial score (nSPS) is 19.9. The van der Waals surface area contributed by atoms with Crippen molar-refractivity contribution in [2.24, 2.45) is 0 Å². The Morgan fingerprint density at radius 3 is 2.33 bits per heavy atom. The highest BCUT2D eigenvalue weighted by atomic mass is 16.7. The molecule has 1 fully saturated rings. The number of hydrogen-bond acceptors (Lipinski definition) is 4. The average Bonchev–Trinajstić information content (AvgIpc) is 2.58. The van der Waals surface area contributed by atoms with Crippen LogP contribution < -0.4 is 10.8 Å². The van der Waals surface area contributed by atoms with Crippen LogP contribution in [0, 0.1) is 0 Å². The third-order valence-electron chi connectivity index (χ3n) is 3.96. The van der Waals surface area contributed by atoms with Gasteiger partial charge in [0.25, 0.3) is 5.91 Å². The number of rotatable bonds is 3. The topological polar surface area (TPSA) is 60.5 Å². The molecule has 0 radical (unpaired) electrons. The maximum Gasteiger partial charge on any atom is 0.494 e. The molecule has 2 rings (SSSR count). The summed E-state index contributed by atoms with van der Waals surface area (Å²) in [5.41, 5.74) is 0.372. The lowest BCUT2D eigenvalue weighted by Gasteiger charge is -2.32. The summed E-state index contributed by atoms with van der Waals surface area (Å²) in [5, 5.41) is 2.83. The summed E-state index contributed by atoms with van der Waals surface area (Å²) in [7, 11) is -0.483. The molecule has 0 unspecified atom stereocenters. The summed E-state index contributed by atoms with van der Waals surface area (Å²) in [6.45, 7) is 11.8. The number of aromatic nitrogens is 1. The molecule has 1 saturated heterocycles. The number of nitrogens with zero attached hydrogens (tertiary/aromatic N) is 1. The van der Waals surface area contributed by atoms with Gasteiger partial charge in [0.15, 0.2) is 0 Å². The zero-order valence-corrected chi connectivity index (χ0v) is 13.6. The van der Waals surface area contributed by atoms with Crippen molar-refractivity contribution in [3.63, 3.8) is 0 Å². The third kappa shape index (κ3) is 3.27. The Balaban J connectivity index is 2.21. The SMILES string of the molecule is CC(C)NC(=O)c1cc(B2OC(C)(C)C(C)(C)O2)ccn1. The number of pyridine rings is 1. The fourth-order valence-electron chi connectivity index (χ4n) is 2.03. The molecule has 2 heterocycles. The van der Waals surface area contributed by atoms with E-state index in [-0.39, 0.29) is 11.9 Å². The lowest BCUT2D eigenvalue weighted by atomic mass is 9.79. The van der Waals surface area contributed by atoms with E-state index in [2.05, 4.69) is 10.3 Å². The van der Waals surface area contributed by atoms with E-state index in [0.29, 0.717) is 5.69 Å². The van der Waals surface area contributed by atoms with E-state index in [4.69, 9.17) is 9.31 Å². The van der Waals surface area contributed by atoms with E-state index in [1.165, 1.54) is 0 Å². The fourth-order valence-corrected chi connectivity index (χ4v) is 2.03. The second kappa shape index (κ2) is 5.42. The van der Waals surface area contributed by atoms with Crippen LogP contribution in [-0.4, -0.2) is 35.3 Å². The van der Waals surface area contributed by atoms with Gasteiger partial charge in [-0.15, -0.1) is 0 Å². The van der Waals surface area contributed by atoms with Gasteiger partial charge in [-0.2, -0.15) is 0 Å². The minimum Gasteiger partial charge on any atom is -0.399 e. The Morgan fingerprint density at radius 2 is 1.81 bits per heavy atom. The van der Waals surface area contributed by atoms with Crippen LogP contribution in [-0.2, 0) is 9.31 Å². The van der Waals surface area contributed by atoms with Crippen LogP contribution in [0.25, 0.3) is 0 Å². The molecule has 0 saturated carbocycles. The Hall–Kier alpha value is -1.40. The van der Waals surface area contributed by atoms with Crippen LogP contribution in [0.3, 0.4) is 0 Å².